The monoisotopic (exact) mass is 303 g/mol. The number of benzene rings is 1. The van der Waals surface area contributed by atoms with Gasteiger partial charge in [0.1, 0.15) is 6.10 Å². The van der Waals surface area contributed by atoms with Crippen LogP contribution in [0.5, 0.6) is 11.5 Å². The third kappa shape index (κ3) is 1.83. The number of methoxy groups -OCH3 is 1. The molecule has 4 heteroatoms. The Balaban J connectivity index is 1.84. The first-order chi connectivity index (χ1) is 10.7. The Morgan fingerprint density at radius 3 is 2.91 bits per heavy atom. The summed E-state index contributed by atoms with van der Waals surface area (Å²) < 4.78 is 11.7. The van der Waals surface area contributed by atoms with Gasteiger partial charge in [0.05, 0.1) is 13.2 Å². The van der Waals surface area contributed by atoms with Gasteiger partial charge in [-0.2, -0.15) is 0 Å². The Bertz CT molecular complexity index is 588. The molecule has 0 radical (unpaired) electrons. The summed E-state index contributed by atoms with van der Waals surface area (Å²) in [5.74, 6) is 2.58. The van der Waals surface area contributed by atoms with E-state index in [9.17, 15) is 5.11 Å². The van der Waals surface area contributed by atoms with E-state index in [2.05, 4.69) is 24.9 Å². The summed E-state index contributed by atoms with van der Waals surface area (Å²) >= 11 is 0. The molecular weight excluding hydrogens is 278 g/mol. The maximum Gasteiger partial charge on any atom is 0.165 e. The SMILES string of the molecule is CCN(C)C1Cc2ccc(OC)c3c2C2C1CCC(O)C2O3. The average Bonchev–Trinajstić information content (AvgIpc) is 2.95. The Kier molecular flexibility index (Phi) is 3.35. The summed E-state index contributed by atoms with van der Waals surface area (Å²) in [5.41, 5.74) is 2.69. The highest BCUT2D eigenvalue weighted by molar-refractivity contribution is 5.57. The second-order valence-corrected chi connectivity index (χ2v) is 6.93. The molecule has 1 aromatic carbocycles. The quantitative estimate of drug-likeness (QED) is 0.929. The van der Waals surface area contributed by atoms with E-state index < -0.39 is 0 Å². The predicted molar refractivity (Wildman–Crippen MR) is 84.7 cm³/mol. The number of ether oxygens (including phenoxy) is 2. The molecule has 1 saturated carbocycles. The number of hydrogen-bond donors (Lipinski definition) is 1. The first-order valence-corrected chi connectivity index (χ1v) is 8.40. The molecule has 0 spiro atoms. The second kappa shape index (κ2) is 5.14. The normalized spacial score (nSPS) is 35.2. The molecule has 1 fully saturated rings. The van der Waals surface area contributed by atoms with Crippen LogP contribution in [0.25, 0.3) is 0 Å². The van der Waals surface area contributed by atoms with Crippen molar-refractivity contribution in [2.75, 3.05) is 20.7 Å². The smallest absolute Gasteiger partial charge is 0.165 e. The molecule has 22 heavy (non-hydrogen) atoms. The molecule has 0 amide bonds. The number of nitrogens with zero attached hydrogens (tertiary/aromatic N) is 1. The van der Waals surface area contributed by atoms with Crippen molar-refractivity contribution in [1.29, 1.82) is 0 Å². The van der Waals surface area contributed by atoms with E-state index in [0.717, 1.165) is 37.3 Å². The molecule has 4 rings (SSSR count). The van der Waals surface area contributed by atoms with Crippen molar-refractivity contribution in [3.63, 3.8) is 0 Å². The molecule has 5 unspecified atom stereocenters. The fraction of sp³-hybridized carbons (Fsp3) is 0.667. The van der Waals surface area contributed by atoms with Gasteiger partial charge in [-0.05, 0) is 50.4 Å². The zero-order valence-electron chi connectivity index (χ0n) is 13.6. The van der Waals surface area contributed by atoms with Crippen molar-refractivity contribution in [2.24, 2.45) is 5.92 Å². The first-order valence-electron chi connectivity index (χ1n) is 8.40. The van der Waals surface area contributed by atoms with Crippen LogP contribution < -0.4 is 9.47 Å². The minimum atomic E-state index is -0.364. The van der Waals surface area contributed by atoms with Crippen molar-refractivity contribution in [3.8, 4) is 11.5 Å². The summed E-state index contributed by atoms with van der Waals surface area (Å²) in [5, 5.41) is 10.5. The first kappa shape index (κ1) is 14.3. The summed E-state index contributed by atoms with van der Waals surface area (Å²) in [6.45, 7) is 3.27. The minimum Gasteiger partial charge on any atom is -0.493 e. The summed E-state index contributed by atoms with van der Waals surface area (Å²) in [6.07, 6.45) is 2.53. The fourth-order valence-electron chi connectivity index (χ4n) is 4.83. The molecule has 1 aromatic rings. The minimum absolute atomic E-state index is 0.100. The Morgan fingerprint density at radius 2 is 2.18 bits per heavy atom. The maximum atomic E-state index is 10.5. The lowest BCUT2D eigenvalue weighted by Gasteiger charge is -2.46. The highest BCUT2D eigenvalue weighted by Gasteiger charge is 2.53. The maximum absolute atomic E-state index is 10.5. The molecule has 1 heterocycles. The van der Waals surface area contributed by atoms with Gasteiger partial charge >= 0.3 is 0 Å². The molecule has 120 valence electrons. The average molecular weight is 303 g/mol. The van der Waals surface area contributed by atoms with Crippen LogP contribution in [0.3, 0.4) is 0 Å². The topological polar surface area (TPSA) is 41.9 Å². The van der Waals surface area contributed by atoms with Gasteiger partial charge < -0.3 is 19.5 Å². The van der Waals surface area contributed by atoms with Crippen molar-refractivity contribution >= 4 is 0 Å². The highest BCUT2D eigenvalue weighted by Crippen LogP contribution is 2.57. The molecule has 0 saturated heterocycles. The number of aliphatic hydroxyl groups is 1. The van der Waals surface area contributed by atoms with E-state index in [4.69, 9.17) is 9.47 Å². The zero-order chi connectivity index (χ0) is 15.4. The second-order valence-electron chi connectivity index (χ2n) is 6.93. The summed E-state index contributed by atoms with van der Waals surface area (Å²) in [7, 11) is 3.91. The van der Waals surface area contributed by atoms with Crippen molar-refractivity contribution in [2.45, 2.75) is 50.4 Å². The zero-order valence-corrected chi connectivity index (χ0v) is 13.6. The van der Waals surface area contributed by atoms with E-state index >= 15 is 0 Å². The van der Waals surface area contributed by atoms with E-state index in [1.807, 2.05) is 6.07 Å². The van der Waals surface area contributed by atoms with Crippen LogP contribution in [0, 0.1) is 5.92 Å². The molecule has 1 aliphatic heterocycles. The fourth-order valence-corrected chi connectivity index (χ4v) is 4.83. The van der Waals surface area contributed by atoms with E-state index in [1.54, 1.807) is 7.11 Å². The lowest BCUT2D eigenvalue weighted by atomic mass is 9.64. The van der Waals surface area contributed by atoms with Crippen LogP contribution >= 0.6 is 0 Å². The van der Waals surface area contributed by atoms with Gasteiger partial charge in [0, 0.05) is 17.5 Å². The van der Waals surface area contributed by atoms with Gasteiger partial charge in [0.25, 0.3) is 0 Å². The lowest BCUT2D eigenvalue weighted by molar-refractivity contribution is -0.0296. The number of aliphatic hydroxyl groups excluding tert-OH is 1. The van der Waals surface area contributed by atoms with Gasteiger partial charge in [-0.3, -0.25) is 0 Å². The number of hydrogen-bond acceptors (Lipinski definition) is 4. The van der Waals surface area contributed by atoms with E-state index in [1.165, 1.54) is 11.1 Å². The third-order valence-electron chi connectivity index (χ3n) is 6.04. The van der Waals surface area contributed by atoms with Crippen molar-refractivity contribution < 1.29 is 14.6 Å². The van der Waals surface area contributed by atoms with Gasteiger partial charge in [-0.15, -0.1) is 0 Å². The van der Waals surface area contributed by atoms with Gasteiger partial charge in [-0.25, -0.2) is 0 Å². The Labute approximate surface area is 132 Å². The standard InChI is InChI=1S/C18H25NO3/c1-4-19(2)12-9-10-5-8-14(21-3)18-15(10)16-11(12)6-7-13(20)17(16)22-18/h5,8,11-13,16-17,20H,4,6-7,9H2,1-3H3. The van der Waals surface area contributed by atoms with Crippen LogP contribution in [-0.2, 0) is 6.42 Å². The molecule has 5 atom stereocenters. The molecule has 2 aliphatic carbocycles. The predicted octanol–water partition coefficient (Wildman–Crippen LogP) is 2.19. The third-order valence-corrected chi connectivity index (χ3v) is 6.04. The molecule has 1 N–H and O–H groups in total. The largest absolute Gasteiger partial charge is 0.493 e. The molecule has 0 aromatic heterocycles. The summed E-state index contributed by atoms with van der Waals surface area (Å²) in [6, 6.07) is 4.75. The Morgan fingerprint density at radius 1 is 1.36 bits per heavy atom. The van der Waals surface area contributed by atoms with Crippen LogP contribution in [0.4, 0.5) is 0 Å². The van der Waals surface area contributed by atoms with Crippen LogP contribution in [-0.4, -0.2) is 49.0 Å². The lowest BCUT2D eigenvalue weighted by Crippen LogP contribution is -2.51. The van der Waals surface area contributed by atoms with E-state index in [-0.39, 0.29) is 12.2 Å². The molecule has 4 nitrogen and oxygen atoms in total. The number of rotatable bonds is 3. The molecular formula is C18H25NO3. The van der Waals surface area contributed by atoms with E-state index in [0.29, 0.717) is 17.9 Å². The Hall–Kier alpha value is -1.26. The van der Waals surface area contributed by atoms with Crippen LogP contribution in [0.15, 0.2) is 12.1 Å². The van der Waals surface area contributed by atoms with Gasteiger partial charge in [-0.1, -0.05) is 13.0 Å². The van der Waals surface area contributed by atoms with Gasteiger partial charge in [0.15, 0.2) is 11.5 Å². The summed E-state index contributed by atoms with van der Waals surface area (Å²) in [4.78, 5) is 2.46. The van der Waals surface area contributed by atoms with Crippen LogP contribution in [0.2, 0.25) is 0 Å². The highest BCUT2D eigenvalue weighted by atomic mass is 16.5. The van der Waals surface area contributed by atoms with Gasteiger partial charge in [0.2, 0.25) is 0 Å². The number of likely N-dealkylation sites (N-methyl/N-ethyl adjacent to an activating group) is 1. The van der Waals surface area contributed by atoms with Crippen molar-refractivity contribution in [1.82, 2.24) is 4.90 Å². The molecule has 0 bridgehead atoms. The van der Waals surface area contributed by atoms with Crippen LogP contribution in [0.1, 0.15) is 36.8 Å². The van der Waals surface area contributed by atoms with Crippen molar-refractivity contribution in [3.05, 3.63) is 23.3 Å². The molecule has 3 aliphatic rings.